The van der Waals surface area contributed by atoms with Gasteiger partial charge in [-0.15, -0.1) is 21.5 Å². The fraction of sp³-hybridized carbons (Fsp3) is 0.0625. The van der Waals surface area contributed by atoms with E-state index in [1.165, 1.54) is 0 Å². The molecular formula is C16H13N5S. The van der Waals surface area contributed by atoms with E-state index in [1.54, 1.807) is 11.3 Å². The summed E-state index contributed by atoms with van der Waals surface area (Å²) in [7, 11) is 0. The molecule has 0 unspecified atom stereocenters. The van der Waals surface area contributed by atoms with Crippen LogP contribution in [0.4, 0.5) is 5.69 Å². The molecule has 4 rings (SSSR count). The second kappa shape index (κ2) is 5.23. The Morgan fingerprint density at radius 1 is 1.00 bits per heavy atom. The van der Waals surface area contributed by atoms with E-state index < -0.39 is 0 Å². The average Bonchev–Trinajstić information content (AvgIpc) is 3.19. The minimum Gasteiger partial charge on any atom is -0.399 e. The SMILES string of the molecule is Nc1ccc(Cc2nnc3ccc(-c4cccs4)nn23)cc1. The third kappa shape index (κ3) is 2.33. The molecule has 4 aromatic rings. The number of hydrogen-bond donors (Lipinski definition) is 1. The molecule has 0 bridgehead atoms. The zero-order valence-electron chi connectivity index (χ0n) is 11.7. The molecule has 0 aliphatic rings. The predicted molar refractivity (Wildman–Crippen MR) is 87.8 cm³/mol. The van der Waals surface area contributed by atoms with Crippen LogP contribution in [0.5, 0.6) is 0 Å². The average molecular weight is 307 g/mol. The first-order valence-corrected chi connectivity index (χ1v) is 7.77. The number of nitrogen functional groups attached to an aromatic ring is 1. The summed E-state index contributed by atoms with van der Waals surface area (Å²) in [6.07, 6.45) is 0.669. The van der Waals surface area contributed by atoms with Crippen LogP contribution in [-0.2, 0) is 6.42 Å². The van der Waals surface area contributed by atoms with Crippen LogP contribution < -0.4 is 5.73 Å². The summed E-state index contributed by atoms with van der Waals surface area (Å²) in [5.41, 5.74) is 9.30. The van der Waals surface area contributed by atoms with Crippen LogP contribution in [-0.4, -0.2) is 19.8 Å². The third-order valence-corrected chi connectivity index (χ3v) is 4.34. The van der Waals surface area contributed by atoms with E-state index in [4.69, 9.17) is 5.73 Å². The first-order chi connectivity index (χ1) is 10.8. The van der Waals surface area contributed by atoms with Crippen molar-refractivity contribution in [2.45, 2.75) is 6.42 Å². The highest BCUT2D eigenvalue weighted by atomic mass is 32.1. The summed E-state index contributed by atoms with van der Waals surface area (Å²) >= 11 is 1.67. The van der Waals surface area contributed by atoms with Gasteiger partial charge in [-0.3, -0.25) is 0 Å². The normalized spacial score (nSPS) is 11.1. The molecule has 0 aliphatic heterocycles. The number of benzene rings is 1. The van der Waals surface area contributed by atoms with Gasteiger partial charge in [0.15, 0.2) is 11.5 Å². The van der Waals surface area contributed by atoms with Gasteiger partial charge in [-0.1, -0.05) is 18.2 Å². The molecule has 5 nitrogen and oxygen atoms in total. The van der Waals surface area contributed by atoms with E-state index in [0.29, 0.717) is 6.42 Å². The zero-order valence-corrected chi connectivity index (χ0v) is 12.5. The maximum Gasteiger partial charge on any atom is 0.177 e. The summed E-state index contributed by atoms with van der Waals surface area (Å²) in [6, 6.07) is 15.8. The number of anilines is 1. The van der Waals surface area contributed by atoms with E-state index in [1.807, 2.05) is 52.4 Å². The van der Waals surface area contributed by atoms with E-state index in [9.17, 15) is 0 Å². The van der Waals surface area contributed by atoms with Gasteiger partial charge in [0.2, 0.25) is 0 Å². The van der Waals surface area contributed by atoms with Gasteiger partial charge in [-0.2, -0.15) is 9.61 Å². The van der Waals surface area contributed by atoms with Crippen LogP contribution in [0.1, 0.15) is 11.4 Å². The molecule has 1 aromatic carbocycles. The van der Waals surface area contributed by atoms with Crippen LogP contribution in [0.3, 0.4) is 0 Å². The molecule has 0 aliphatic carbocycles. The van der Waals surface area contributed by atoms with E-state index in [-0.39, 0.29) is 0 Å². The van der Waals surface area contributed by atoms with Crippen molar-refractivity contribution in [2.24, 2.45) is 0 Å². The van der Waals surface area contributed by atoms with Crippen molar-refractivity contribution < 1.29 is 0 Å². The second-order valence-electron chi connectivity index (χ2n) is 5.00. The second-order valence-corrected chi connectivity index (χ2v) is 5.95. The van der Waals surface area contributed by atoms with Gasteiger partial charge < -0.3 is 5.73 Å². The van der Waals surface area contributed by atoms with Crippen LogP contribution in [0.25, 0.3) is 16.2 Å². The molecule has 0 saturated heterocycles. The molecule has 0 saturated carbocycles. The Hall–Kier alpha value is -2.73. The van der Waals surface area contributed by atoms with Crippen LogP contribution in [0.15, 0.2) is 53.9 Å². The predicted octanol–water partition coefficient (Wildman–Crippen LogP) is 3.03. The van der Waals surface area contributed by atoms with Crippen molar-refractivity contribution in [2.75, 3.05) is 5.73 Å². The van der Waals surface area contributed by atoms with Gasteiger partial charge in [-0.05, 0) is 41.3 Å². The summed E-state index contributed by atoms with van der Waals surface area (Å²) in [4.78, 5) is 1.13. The molecule has 108 valence electrons. The lowest BCUT2D eigenvalue weighted by Crippen LogP contribution is -2.01. The van der Waals surface area contributed by atoms with Gasteiger partial charge >= 0.3 is 0 Å². The highest BCUT2D eigenvalue weighted by Crippen LogP contribution is 2.22. The van der Waals surface area contributed by atoms with Crippen LogP contribution in [0, 0.1) is 0 Å². The minimum absolute atomic E-state index is 0.669. The van der Waals surface area contributed by atoms with E-state index in [2.05, 4.69) is 21.4 Å². The summed E-state index contributed by atoms with van der Waals surface area (Å²) in [5.74, 6) is 0.818. The van der Waals surface area contributed by atoms with E-state index >= 15 is 0 Å². The minimum atomic E-state index is 0.669. The monoisotopic (exact) mass is 307 g/mol. The Labute approximate surface area is 131 Å². The standard InChI is InChI=1S/C16H13N5S/c17-12-5-3-11(4-6-12)10-16-19-18-15-8-7-13(20-21(15)16)14-2-1-9-22-14/h1-9H,10,17H2. The van der Waals surface area contributed by atoms with Crippen LogP contribution >= 0.6 is 11.3 Å². The Morgan fingerprint density at radius 3 is 2.64 bits per heavy atom. The quantitative estimate of drug-likeness (QED) is 0.591. The summed E-state index contributed by atoms with van der Waals surface area (Å²) in [6.45, 7) is 0. The molecule has 0 radical (unpaired) electrons. The fourth-order valence-corrected chi connectivity index (χ4v) is 3.01. The van der Waals surface area contributed by atoms with Crippen molar-refractivity contribution in [1.82, 2.24) is 19.8 Å². The molecule has 3 aromatic heterocycles. The Bertz CT molecular complexity index is 910. The number of nitrogens with two attached hydrogens (primary N) is 1. The Balaban J connectivity index is 1.74. The summed E-state index contributed by atoms with van der Waals surface area (Å²) in [5, 5.41) is 15.2. The molecule has 2 N–H and O–H groups in total. The smallest absolute Gasteiger partial charge is 0.177 e. The molecule has 22 heavy (non-hydrogen) atoms. The highest BCUT2D eigenvalue weighted by Gasteiger charge is 2.10. The molecule has 6 heteroatoms. The first-order valence-electron chi connectivity index (χ1n) is 6.89. The number of nitrogens with zero attached hydrogens (tertiary/aromatic N) is 4. The van der Waals surface area contributed by atoms with Gasteiger partial charge in [0.25, 0.3) is 0 Å². The lowest BCUT2D eigenvalue weighted by atomic mass is 10.1. The largest absolute Gasteiger partial charge is 0.399 e. The van der Waals surface area contributed by atoms with Crippen molar-refractivity contribution in [1.29, 1.82) is 0 Å². The van der Waals surface area contributed by atoms with Gasteiger partial charge in [-0.25, -0.2) is 0 Å². The van der Waals surface area contributed by atoms with Gasteiger partial charge in [0.05, 0.1) is 4.88 Å². The molecule has 0 spiro atoms. The lowest BCUT2D eigenvalue weighted by Gasteiger charge is -2.02. The number of rotatable bonds is 3. The zero-order chi connectivity index (χ0) is 14.9. The van der Waals surface area contributed by atoms with E-state index in [0.717, 1.165) is 33.3 Å². The van der Waals surface area contributed by atoms with Crippen molar-refractivity contribution in [3.63, 3.8) is 0 Å². The van der Waals surface area contributed by atoms with Crippen molar-refractivity contribution in [3.8, 4) is 10.6 Å². The number of hydrogen-bond acceptors (Lipinski definition) is 5. The third-order valence-electron chi connectivity index (χ3n) is 3.44. The van der Waals surface area contributed by atoms with Crippen molar-refractivity contribution >= 4 is 22.7 Å². The Morgan fingerprint density at radius 2 is 1.86 bits per heavy atom. The highest BCUT2D eigenvalue weighted by molar-refractivity contribution is 7.13. The van der Waals surface area contributed by atoms with Gasteiger partial charge in [0, 0.05) is 12.1 Å². The number of aromatic nitrogens is 4. The van der Waals surface area contributed by atoms with Crippen LogP contribution in [0.2, 0.25) is 0 Å². The maximum absolute atomic E-state index is 5.72. The molecule has 0 atom stereocenters. The number of thiophene rings is 1. The molecular weight excluding hydrogens is 294 g/mol. The summed E-state index contributed by atoms with van der Waals surface area (Å²) < 4.78 is 1.81. The molecule has 0 amide bonds. The first kappa shape index (κ1) is 13.0. The Kier molecular flexibility index (Phi) is 3.08. The lowest BCUT2D eigenvalue weighted by molar-refractivity contribution is 0.842. The fourth-order valence-electron chi connectivity index (χ4n) is 2.32. The molecule has 0 fully saturated rings. The maximum atomic E-state index is 5.72. The van der Waals surface area contributed by atoms with Crippen molar-refractivity contribution in [3.05, 3.63) is 65.3 Å². The number of fused-ring (bicyclic) bond motifs is 1. The topological polar surface area (TPSA) is 69.1 Å². The molecule has 3 heterocycles. The van der Waals surface area contributed by atoms with Gasteiger partial charge in [0.1, 0.15) is 5.69 Å².